The molecule has 1 fully saturated rings. The molecule has 1 aromatic rings. The predicted octanol–water partition coefficient (Wildman–Crippen LogP) is 2.01. The zero-order chi connectivity index (χ0) is 9.97. The van der Waals surface area contributed by atoms with Crippen molar-refractivity contribution in [2.24, 2.45) is 5.73 Å². The van der Waals surface area contributed by atoms with Crippen molar-refractivity contribution in [1.82, 2.24) is 4.90 Å². The first-order valence-corrected chi connectivity index (χ1v) is 4.91. The van der Waals surface area contributed by atoms with E-state index in [9.17, 15) is 4.39 Å². The summed E-state index contributed by atoms with van der Waals surface area (Å²) in [4.78, 5) is 2.06. The molecule has 0 radical (unpaired) electrons. The highest BCUT2D eigenvalue weighted by Gasteiger charge is 2.29. The van der Waals surface area contributed by atoms with Crippen LogP contribution in [0.2, 0.25) is 0 Å². The maximum absolute atomic E-state index is 13.1. The molecule has 0 aliphatic carbocycles. The third kappa shape index (κ3) is 3.91. The van der Waals surface area contributed by atoms with Gasteiger partial charge in [0.15, 0.2) is 0 Å². The zero-order valence-electron chi connectivity index (χ0n) is 8.88. The first-order chi connectivity index (χ1) is 6.75. The van der Waals surface area contributed by atoms with Crippen LogP contribution in [-0.4, -0.2) is 30.2 Å². The standard InChI is InChI=1S/C11H15FN2.2ClH/c12-10-7-14(8-11(10)13)6-9-4-2-1-3-5-9;;/h1-5,10-11H,6-8,13H2;2*1H/t10-,11-;;/m0../s1. The minimum Gasteiger partial charge on any atom is -0.324 e. The fourth-order valence-electron chi connectivity index (χ4n) is 1.84. The smallest absolute Gasteiger partial charge is 0.129 e. The van der Waals surface area contributed by atoms with Crippen molar-refractivity contribution in [1.29, 1.82) is 0 Å². The summed E-state index contributed by atoms with van der Waals surface area (Å²) in [7, 11) is 0. The van der Waals surface area contributed by atoms with Crippen molar-refractivity contribution in [2.45, 2.75) is 18.8 Å². The summed E-state index contributed by atoms with van der Waals surface area (Å²) in [6.07, 6.45) is -0.862. The third-order valence-corrected chi connectivity index (χ3v) is 2.62. The van der Waals surface area contributed by atoms with Crippen molar-refractivity contribution in [3.05, 3.63) is 35.9 Å². The number of hydrogen-bond acceptors (Lipinski definition) is 2. The Morgan fingerprint density at radius 3 is 2.31 bits per heavy atom. The van der Waals surface area contributed by atoms with Crippen LogP contribution in [0.15, 0.2) is 30.3 Å². The fourth-order valence-corrected chi connectivity index (χ4v) is 1.84. The van der Waals surface area contributed by atoms with E-state index in [4.69, 9.17) is 5.73 Å². The minimum absolute atomic E-state index is 0. The van der Waals surface area contributed by atoms with Gasteiger partial charge in [-0.2, -0.15) is 0 Å². The van der Waals surface area contributed by atoms with E-state index in [-0.39, 0.29) is 30.9 Å². The largest absolute Gasteiger partial charge is 0.324 e. The average molecular weight is 267 g/mol. The van der Waals surface area contributed by atoms with E-state index in [1.165, 1.54) is 5.56 Å². The SMILES string of the molecule is Cl.Cl.N[C@H]1CN(Cc2ccccc2)C[C@@H]1F. The molecule has 0 saturated carbocycles. The number of rotatable bonds is 2. The lowest BCUT2D eigenvalue weighted by molar-refractivity contribution is 0.280. The Hall–Kier alpha value is -0.350. The lowest BCUT2D eigenvalue weighted by Gasteiger charge is -2.14. The lowest BCUT2D eigenvalue weighted by Crippen LogP contribution is -2.30. The first kappa shape index (κ1) is 15.7. The molecule has 0 bridgehead atoms. The third-order valence-electron chi connectivity index (χ3n) is 2.62. The molecule has 2 rings (SSSR count). The molecule has 2 N–H and O–H groups in total. The maximum Gasteiger partial charge on any atom is 0.129 e. The van der Waals surface area contributed by atoms with Crippen molar-refractivity contribution < 1.29 is 4.39 Å². The molecular formula is C11H17Cl2FN2. The van der Waals surface area contributed by atoms with Crippen LogP contribution in [0.1, 0.15) is 5.56 Å². The molecular weight excluding hydrogens is 250 g/mol. The number of nitrogens with two attached hydrogens (primary N) is 1. The molecule has 5 heteroatoms. The van der Waals surface area contributed by atoms with Crippen LogP contribution < -0.4 is 5.73 Å². The van der Waals surface area contributed by atoms with Gasteiger partial charge in [0.2, 0.25) is 0 Å². The van der Waals surface area contributed by atoms with E-state index in [1.54, 1.807) is 0 Å². The minimum atomic E-state index is -0.862. The molecule has 1 aromatic carbocycles. The normalized spacial score (nSPS) is 24.6. The van der Waals surface area contributed by atoms with Crippen LogP contribution >= 0.6 is 24.8 Å². The summed E-state index contributed by atoms with van der Waals surface area (Å²) in [6.45, 7) is 1.93. The van der Waals surface area contributed by atoms with Gasteiger partial charge in [-0.25, -0.2) is 4.39 Å². The second-order valence-corrected chi connectivity index (χ2v) is 3.86. The van der Waals surface area contributed by atoms with Crippen LogP contribution in [0.4, 0.5) is 4.39 Å². The van der Waals surface area contributed by atoms with Crippen molar-refractivity contribution in [3.63, 3.8) is 0 Å². The second kappa shape index (κ2) is 7.07. The number of halogens is 3. The van der Waals surface area contributed by atoms with Gasteiger partial charge >= 0.3 is 0 Å². The summed E-state index contributed by atoms with van der Waals surface area (Å²) in [5.74, 6) is 0. The lowest BCUT2D eigenvalue weighted by atomic mass is 10.2. The topological polar surface area (TPSA) is 29.3 Å². The Bertz CT molecular complexity index is 287. The maximum atomic E-state index is 13.1. The van der Waals surface area contributed by atoms with Crippen LogP contribution in [-0.2, 0) is 6.54 Å². The molecule has 0 unspecified atom stereocenters. The molecule has 2 atom stereocenters. The van der Waals surface area contributed by atoms with E-state index in [1.807, 2.05) is 18.2 Å². The van der Waals surface area contributed by atoms with Crippen molar-refractivity contribution in [2.75, 3.05) is 13.1 Å². The molecule has 1 heterocycles. The molecule has 1 saturated heterocycles. The molecule has 92 valence electrons. The number of benzene rings is 1. The van der Waals surface area contributed by atoms with Crippen LogP contribution in [0, 0.1) is 0 Å². The molecule has 2 nitrogen and oxygen atoms in total. The molecule has 0 spiro atoms. The Morgan fingerprint density at radius 2 is 1.81 bits per heavy atom. The quantitative estimate of drug-likeness (QED) is 0.888. The van der Waals surface area contributed by atoms with E-state index in [0.717, 1.165) is 6.54 Å². The highest BCUT2D eigenvalue weighted by Crippen LogP contribution is 2.14. The number of likely N-dealkylation sites (tertiary alicyclic amines) is 1. The predicted molar refractivity (Wildman–Crippen MR) is 69.1 cm³/mol. The van der Waals surface area contributed by atoms with E-state index in [2.05, 4.69) is 17.0 Å². The number of alkyl halides is 1. The molecule has 1 aliphatic heterocycles. The monoisotopic (exact) mass is 266 g/mol. The molecule has 0 aromatic heterocycles. The van der Waals surface area contributed by atoms with Crippen LogP contribution in [0.3, 0.4) is 0 Å². The van der Waals surface area contributed by atoms with Gasteiger partial charge in [-0.05, 0) is 5.56 Å². The molecule has 0 amide bonds. The van der Waals surface area contributed by atoms with E-state index >= 15 is 0 Å². The van der Waals surface area contributed by atoms with Gasteiger partial charge in [0.05, 0.1) is 0 Å². The van der Waals surface area contributed by atoms with Crippen LogP contribution in [0.5, 0.6) is 0 Å². The Labute approximate surface area is 108 Å². The summed E-state index contributed by atoms with van der Waals surface area (Å²) in [5.41, 5.74) is 6.82. The van der Waals surface area contributed by atoms with Gasteiger partial charge in [0.25, 0.3) is 0 Å². The summed E-state index contributed by atoms with van der Waals surface area (Å²) in [5, 5.41) is 0. The van der Waals surface area contributed by atoms with Gasteiger partial charge in [0, 0.05) is 25.7 Å². The van der Waals surface area contributed by atoms with Gasteiger partial charge < -0.3 is 5.73 Å². The van der Waals surface area contributed by atoms with Crippen molar-refractivity contribution >= 4 is 24.8 Å². The molecule has 16 heavy (non-hydrogen) atoms. The highest BCUT2D eigenvalue weighted by atomic mass is 35.5. The van der Waals surface area contributed by atoms with Gasteiger partial charge in [-0.1, -0.05) is 30.3 Å². The van der Waals surface area contributed by atoms with E-state index in [0.29, 0.717) is 13.1 Å². The number of nitrogens with zero attached hydrogens (tertiary/aromatic N) is 1. The van der Waals surface area contributed by atoms with Gasteiger partial charge in [-0.3, -0.25) is 4.90 Å². The zero-order valence-corrected chi connectivity index (χ0v) is 10.5. The highest BCUT2D eigenvalue weighted by molar-refractivity contribution is 5.85. The van der Waals surface area contributed by atoms with E-state index < -0.39 is 6.17 Å². The second-order valence-electron chi connectivity index (χ2n) is 3.86. The molecule has 1 aliphatic rings. The van der Waals surface area contributed by atoms with Gasteiger partial charge in [0.1, 0.15) is 6.17 Å². The van der Waals surface area contributed by atoms with Crippen molar-refractivity contribution in [3.8, 4) is 0 Å². The summed E-state index contributed by atoms with van der Waals surface area (Å²) < 4.78 is 13.1. The Kier molecular flexibility index (Phi) is 6.91. The summed E-state index contributed by atoms with van der Waals surface area (Å²) in [6, 6.07) is 9.78. The Morgan fingerprint density at radius 1 is 1.19 bits per heavy atom. The van der Waals surface area contributed by atoms with Gasteiger partial charge in [-0.15, -0.1) is 24.8 Å². The average Bonchev–Trinajstić information content (AvgIpc) is 2.47. The first-order valence-electron chi connectivity index (χ1n) is 4.91. The Balaban J connectivity index is 0.00000112. The summed E-state index contributed by atoms with van der Waals surface area (Å²) >= 11 is 0. The number of hydrogen-bond donors (Lipinski definition) is 1. The van der Waals surface area contributed by atoms with Crippen LogP contribution in [0.25, 0.3) is 0 Å². The fraction of sp³-hybridized carbons (Fsp3) is 0.455.